The number of halogens is 3. The van der Waals surface area contributed by atoms with Crippen molar-refractivity contribution in [2.24, 2.45) is 7.05 Å². The molecule has 0 aliphatic heterocycles. The van der Waals surface area contributed by atoms with Gasteiger partial charge in [0, 0.05) is 13.1 Å². The average molecular weight is 269 g/mol. The molecule has 3 rings (SSSR count). The van der Waals surface area contributed by atoms with E-state index in [1.807, 2.05) is 0 Å². The van der Waals surface area contributed by atoms with Gasteiger partial charge in [-0.3, -0.25) is 0 Å². The van der Waals surface area contributed by atoms with Crippen molar-refractivity contribution in [2.45, 2.75) is 31.6 Å². The molecule has 6 heteroatoms. The summed E-state index contributed by atoms with van der Waals surface area (Å²) >= 11 is 0. The average Bonchev–Trinajstić information content (AvgIpc) is 3.11. The maximum Gasteiger partial charge on any atom is 0.416 e. The van der Waals surface area contributed by atoms with Crippen LogP contribution >= 0.6 is 0 Å². The van der Waals surface area contributed by atoms with Crippen molar-refractivity contribution in [3.8, 4) is 0 Å². The van der Waals surface area contributed by atoms with E-state index in [2.05, 4.69) is 10.3 Å². The summed E-state index contributed by atoms with van der Waals surface area (Å²) in [6.45, 7) is 0.594. The smallest absolute Gasteiger partial charge is 0.330 e. The molecule has 0 atom stereocenters. The topological polar surface area (TPSA) is 29.9 Å². The second-order valence-electron chi connectivity index (χ2n) is 4.94. The van der Waals surface area contributed by atoms with E-state index in [9.17, 15) is 13.2 Å². The number of benzene rings is 1. The van der Waals surface area contributed by atoms with E-state index >= 15 is 0 Å². The molecule has 1 aromatic heterocycles. The summed E-state index contributed by atoms with van der Waals surface area (Å²) in [5.74, 6) is 0.765. The molecule has 0 unspecified atom stereocenters. The number of hydrogen-bond acceptors (Lipinski definition) is 2. The third-order valence-corrected chi connectivity index (χ3v) is 3.43. The molecule has 0 radical (unpaired) electrons. The Bertz CT molecular complexity index is 611. The van der Waals surface area contributed by atoms with Gasteiger partial charge in [0.2, 0.25) is 0 Å². The van der Waals surface area contributed by atoms with Crippen LogP contribution in [-0.2, 0) is 19.8 Å². The zero-order chi connectivity index (χ0) is 13.6. The van der Waals surface area contributed by atoms with Crippen LogP contribution in [0.25, 0.3) is 11.0 Å². The van der Waals surface area contributed by atoms with E-state index in [1.54, 1.807) is 11.6 Å². The van der Waals surface area contributed by atoms with Gasteiger partial charge >= 0.3 is 6.18 Å². The Balaban J connectivity index is 1.95. The minimum atomic E-state index is -4.31. The highest BCUT2D eigenvalue weighted by Gasteiger charge is 2.31. The Hall–Kier alpha value is -1.56. The van der Waals surface area contributed by atoms with Gasteiger partial charge < -0.3 is 9.88 Å². The molecule has 1 aromatic carbocycles. The van der Waals surface area contributed by atoms with Gasteiger partial charge in [0.05, 0.1) is 23.1 Å². The Morgan fingerprint density at radius 3 is 2.74 bits per heavy atom. The van der Waals surface area contributed by atoms with Crippen molar-refractivity contribution in [1.29, 1.82) is 0 Å². The lowest BCUT2D eigenvalue weighted by Gasteiger charge is -2.07. The predicted molar refractivity (Wildman–Crippen MR) is 65.6 cm³/mol. The first kappa shape index (κ1) is 12.5. The van der Waals surface area contributed by atoms with E-state index in [0.29, 0.717) is 23.6 Å². The van der Waals surface area contributed by atoms with Crippen molar-refractivity contribution in [3.05, 3.63) is 29.6 Å². The first-order valence-corrected chi connectivity index (χ1v) is 6.21. The van der Waals surface area contributed by atoms with Crippen LogP contribution in [0.1, 0.15) is 24.2 Å². The summed E-state index contributed by atoms with van der Waals surface area (Å²) < 4.78 is 39.7. The second kappa shape index (κ2) is 4.23. The van der Waals surface area contributed by atoms with Crippen LogP contribution in [-0.4, -0.2) is 15.6 Å². The molecule has 102 valence electrons. The molecule has 2 aromatic rings. The summed E-state index contributed by atoms with van der Waals surface area (Å²) in [5, 5.41) is 3.31. The van der Waals surface area contributed by atoms with E-state index in [0.717, 1.165) is 18.0 Å². The van der Waals surface area contributed by atoms with Crippen molar-refractivity contribution in [1.82, 2.24) is 14.9 Å². The van der Waals surface area contributed by atoms with Gasteiger partial charge in [-0.15, -0.1) is 0 Å². The molecule has 1 fully saturated rings. The summed E-state index contributed by atoms with van der Waals surface area (Å²) in [7, 11) is 1.75. The number of imidazole rings is 1. The summed E-state index contributed by atoms with van der Waals surface area (Å²) in [4.78, 5) is 4.37. The number of nitrogens with zero attached hydrogens (tertiary/aromatic N) is 2. The molecule has 0 amide bonds. The molecule has 1 aliphatic carbocycles. The van der Waals surface area contributed by atoms with Gasteiger partial charge in [0.15, 0.2) is 0 Å². The molecule has 19 heavy (non-hydrogen) atoms. The highest BCUT2D eigenvalue weighted by atomic mass is 19.4. The number of aryl methyl sites for hydroxylation is 1. The quantitative estimate of drug-likeness (QED) is 0.928. The number of aromatic nitrogens is 2. The summed E-state index contributed by atoms with van der Waals surface area (Å²) in [5.41, 5.74) is 0.482. The lowest BCUT2D eigenvalue weighted by Crippen LogP contribution is -2.18. The molecular weight excluding hydrogens is 255 g/mol. The normalized spacial score (nSPS) is 16.2. The van der Waals surface area contributed by atoms with Crippen LogP contribution < -0.4 is 5.32 Å². The number of hydrogen-bond donors (Lipinski definition) is 1. The summed E-state index contributed by atoms with van der Waals surface area (Å²) in [6.07, 6.45) is -1.98. The number of nitrogens with one attached hydrogen (secondary N) is 1. The fraction of sp³-hybridized carbons (Fsp3) is 0.462. The fourth-order valence-electron chi connectivity index (χ4n) is 2.10. The lowest BCUT2D eigenvalue weighted by atomic mass is 10.2. The minimum absolute atomic E-state index is 0.516. The van der Waals surface area contributed by atoms with E-state index in [4.69, 9.17) is 0 Å². The van der Waals surface area contributed by atoms with Gasteiger partial charge in [-0.2, -0.15) is 13.2 Å². The van der Waals surface area contributed by atoms with E-state index < -0.39 is 11.7 Å². The molecular formula is C13H14F3N3. The number of alkyl halides is 3. The largest absolute Gasteiger partial charge is 0.416 e. The maximum atomic E-state index is 12.7. The predicted octanol–water partition coefficient (Wildman–Crippen LogP) is 2.84. The Kier molecular flexibility index (Phi) is 2.78. The highest BCUT2D eigenvalue weighted by Crippen LogP contribution is 2.31. The minimum Gasteiger partial charge on any atom is -0.330 e. The van der Waals surface area contributed by atoms with Crippen molar-refractivity contribution < 1.29 is 13.2 Å². The van der Waals surface area contributed by atoms with Crippen LogP contribution in [0.4, 0.5) is 13.2 Å². The van der Waals surface area contributed by atoms with Crippen molar-refractivity contribution in [3.63, 3.8) is 0 Å². The Morgan fingerprint density at radius 2 is 2.11 bits per heavy atom. The standard InChI is InChI=1S/C13H14F3N3/c1-19-11-6-8(13(14,15)16)2-5-10(11)18-12(19)7-17-9-3-4-9/h2,5-6,9,17H,3-4,7H2,1H3. The summed E-state index contributed by atoms with van der Waals surface area (Å²) in [6, 6.07) is 4.21. The van der Waals surface area contributed by atoms with Gasteiger partial charge in [-0.25, -0.2) is 4.98 Å². The monoisotopic (exact) mass is 269 g/mol. The van der Waals surface area contributed by atoms with Crippen LogP contribution in [0.15, 0.2) is 18.2 Å². The SMILES string of the molecule is Cn1c(CNC2CC2)nc2ccc(C(F)(F)F)cc21. The van der Waals surface area contributed by atoms with Gasteiger partial charge in [-0.1, -0.05) is 0 Å². The number of fused-ring (bicyclic) bond motifs is 1. The van der Waals surface area contributed by atoms with Crippen molar-refractivity contribution >= 4 is 11.0 Å². The van der Waals surface area contributed by atoms with E-state index in [1.165, 1.54) is 18.9 Å². The third kappa shape index (κ3) is 2.45. The first-order valence-electron chi connectivity index (χ1n) is 6.21. The highest BCUT2D eigenvalue weighted by molar-refractivity contribution is 5.77. The van der Waals surface area contributed by atoms with Crippen LogP contribution in [0.2, 0.25) is 0 Å². The van der Waals surface area contributed by atoms with Gasteiger partial charge in [-0.05, 0) is 31.0 Å². The van der Waals surface area contributed by atoms with Gasteiger partial charge in [0.25, 0.3) is 0 Å². The molecule has 3 nitrogen and oxygen atoms in total. The molecule has 1 heterocycles. The third-order valence-electron chi connectivity index (χ3n) is 3.43. The lowest BCUT2D eigenvalue weighted by molar-refractivity contribution is -0.137. The number of rotatable bonds is 3. The van der Waals surface area contributed by atoms with Crippen LogP contribution in [0.5, 0.6) is 0 Å². The molecule has 0 saturated heterocycles. The first-order chi connectivity index (χ1) is 8.95. The van der Waals surface area contributed by atoms with Gasteiger partial charge in [0.1, 0.15) is 5.82 Å². The maximum absolute atomic E-state index is 12.7. The Labute approximate surface area is 108 Å². The molecule has 1 saturated carbocycles. The van der Waals surface area contributed by atoms with Crippen LogP contribution in [0, 0.1) is 0 Å². The Morgan fingerprint density at radius 1 is 1.37 bits per heavy atom. The zero-order valence-electron chi connectivity index (χ0n) is 10.5. The van der Waals surface area contributed by atoms with Crippen molar-refractivity contribution in [2.75, 3.05) is 0 Å². The molecule has 0 bridgehead atoms. The van der Waals surface area contributed by atoms with Crippen LogP contribution in [0.3, 0.4) is 0 Å². The molecule has 1 aliphatic rings. The second-order valence-corrected chi connectivity index (χ2v) is 4.94. The van der Waals surface area contributed by atoms with E-state index in [-0.39, 0.29) is 0 Å². The zero-order valence-corrected chi connectivity index (χ0v) is 10.5. The molecule has 1 N–H and O–H groups in total. The fourth-order valence-corrected chi connectivity index (χ4v) is 2.10. The molecule has 0 spiro atoms.